The Balaban J connectivity index is 4.42. The SMILES string of the molecule is CC/C=C\C/C=C\C/C=C\C/C=C\CCCCC(=O)OC(COC(=O)CCCCCCC/C=C\C/C=C\C/C=C\CC)COC(=O)CCCCCCCCCCCCCCCCCCCCC. The Morgan fingerprint density at radius 3 is 0.940 bits per heavy atom. The van der Waals surface area contributed by atoms with Crippen LogP contribution in [0.3, 0.4) is 0 Å². The van der Waals surface area contributed by atoms with Crippen LogP contribution < -0.4 is 0 Å². The molecule has 384 valence electrons. The van der Waals surface area contributed by atoms with Gasteiger partial charge in [-0.25, -0.2) is 0 Å². The van der Waals surface area contributed by atoms with Crippen LogP contribution in [0.15, 0.2) is 85.1 Å². The first-order chi connectivity index (χ1) is 33.0. The molecule has 67 heavy (non-hydrogen) atoms. The standard InChI is InChI=1S/C61H104O6/c1-4-7-10-13-16-19-22-25-28-29-30-31-34-36-39-42-45-48-51-54-60(63)66-57-58(67-61(64)55-52-49-46-43-40-37-33-27-24-21-18-15-12-9-6-3)56-65-59(62)53-50-47-44-41-38-35-32-26-23-20-17-14-11-8-5-2/h8-9,11-12,17-18,20-21,26-27,32-33,40,43,58H,4-7,10,13-16,19,22-25,28-31,34-39,41-42,44-57H2,1-3H3/b11-8-,12-9-,20-17-,21-18-,32-26-,33-27-,43-40-. The fourth-order valence-corrected chi connectivity index (χ4v) is 7.74. The number of ether oxygens (including phenoxy) is 3. The van der Waals surface area contributed by atoms with Gasteiger partial charge in [0.05, 0.1) is 0 Å². The highest BCUT2D eigenvalue weighted by molar-refractivity contribution is 5.71. The fraction of sp³-hybridized carbons (Fsp3) is 0.721. The molecule has 0 fully saturated rings. The highest BCUT2D eigenvalue weighted by Gasteiger charge is 2.19. The van der Waals surface area contributed by atoms with Crippen molar-refractivity contribution in [2.45, 2.75) is 271 Å². The quantitative estimate of drug-likeness (QED) is 0.0262. The average molecular weight is 933 g/mol. The number of carbonyl (C=O) groups excluding carboxylic acids is 3. The van der Waals surface area contributed by atoms with E-state index in [-0.39, 0.29) is 37.5 Å². The van der Waals surface area contributed by atoms with E-state index >= 15 is 0 Å². The van der Waals surface area contributed by atoms with Gasteiger partial charge in [0.25, 0.3) is 0 Å². The highest BCUT2D eigenvalue weighted by atomic mass is 16.6. The molecule has 0 heterocycles. The van der Waals surface area contributed by atoms with Crippen LogP contribution in [0.4, 0.5) is 0 Å². The maximum atomic E-state index is 12.8. The van der Waals surface area contributed by atoms with E-state index in [2.05, 4.69) is 106 Å². The zero-order valence-electron chi connectivity index (χ0n) is 43.9. The first-order valence-corrected chi connectivity index (χ1v) is 28.1. The predicted octanol–water partition coefficient (Wildman–Crippen LogP) is 18.8. The van der Waals surface area contributed by atoms with Gasteiger partial charge in [0.2, 0.25) is 0 Å². The number of hydrogen-bond donors (Lipinski definition) is 0. The van der Waals surface area contributed by atoms with Crippen molar-refractivity contribution >= 4 is 17.9 Å². The van der Waals surface area contributed by atoms with Crippen LogP contribution in [-0.2, 0) is 28.6 Å². The molecule has 0 saturated carbocycles. The lowest BCUT2D eigenvalue weighted by atomic mass is 10.0. The Hall–Kier alpha value is -3.41. The molecule has 0 aliphatic rings. The third kappa shape index (κ3) is 53.4. The van der Waals surface area contributed by atoms with Gasteiger partial charge in [-0.3, -0.25) is 14.4 Å². The molecule has 0 aromatic carbocycles. The second-order valence-electron chi connectivity index (χ2n) is 18.4. The number of hydrogen-bond acceptors (Lipinski definition) is 6. The maximum Gasteiger partial charge on any atom is 0.306 e. The zero-order valence-corrected chi connectivity index (χ0v) is 43.9. The fourth-order valence-electron chi connectivity index (χ4n) is 7.74. The molecule has 0 N–H and O–H groups in total. The van der Waals surface area contributed by atoms with Gasteiger partial charge in [0, 0.05) is 19.3 Å². The summed E-state index contributed by atoms with van der Waals surface area (Å²) < 4.78 is 16.8. The van der Waals surface area contributed by atoms with Crippen molar-refractivity contribution in [3.05, 3.63) is 85.1 Å². The average Bonchev–Trinajstić information content (AvgIpc) is 3.33. The van der Waals surface area contributed by atoms with Crippen molar-refractivity contribution in [3.63, 3.8) is 0 Å². The van der Waals surface area contributed by atoms with Crippen LogP contribution in [0, 0.1) is 0 Å². The van der Waals surface area contributed by atoms with Crippen molar-refractivity contribution in [3.8, 4) is 0 Å². The molecule has 0 aliphatic heterocycles. The van der Waals surface area contributed by atoms with Gasteiger partial charge in [-0.2, -0.15) is 0 Å². The molecule has 0 rings (SSSR count). The molecule has 1 atom stereocenters. The number of allylic oxidation sites excluding steroid dienone is 14. The summed E-state index contributed by atoms with van der Waals surface area (Å²) in [6.07, 6.45) is 71.5. The number of esters is 3. The van der Waals surface area contributed by atoms with E-state index in [1.54, 1.807) is 0 Å². The van der Waals surface area contributed by atoms with Crippen molar-refractivity contribution in [2.75, 3.05) is 13.2 Å². The Morgan fingerprint density at radius 1 is 0.313 bits per heavy atom. The summed E-state index contributed by atoms with van der Waals surface area (Å²) >= 11 is 0. The lowest BCUT2D eigenvalue weighted by Gasteiger charge is -2.18. The summed E-state index contributed by atoms with van der Waals surface area (Å²) in [4.78, 5) is 38.1. The van der Waals surface area contributed by atoms with Crippen molar-refractivity contribution in [1.82, 2.24) is 0 Å². The zero-order chi connectivity index (χ0) is 48.6. The topological polar surface area (TPSA) is 78.9 Å². The number of unbranched alkanes of at least 4 members (excludes halogenated alkanes) is 25. The van der Waals surface area contributed by atoms with Gasteiger partial charge in [0.1, 0.15) is 13.2 Å². The van der Waals surface area contributed by atoms with E-state index < -0.39 is 6.10 Å². The monoisotopic (exact) mass is 933 g/mol. The lowest BCUT2D eigenvalue weighted by molar-refractivity contribution is -0.167. The van der Waals surface area contributed by atoms with E-state index in [0.29, 0.717) is 19.3 Å². The van der Waals surface area contributed by atoms with E-state index in [0.717, 1.165) is 116 Å². The summed E-state index contributed by atoms with van der Waals surface area (Å²) in [6.45, 7) is 6.38. The van der Waals surface area contributed by atoms with E-state index in [1.165, 1.54) is 103 Å². The summed E-state index contributed by atoms with van der Waals surface area (Å²) in [5.74, 6) is -0.951. The van der Waals surface area contributed by atoms with Gasteiger partial charge in [0.15, 0.2) is 6.10 Å². The molecular formula is C61H104O6. The largest absolute Gasteiger partial charge is 0.462 e. The predicted molar refractivity (Wildman–Crippen MR) is 288 cm³/mol. The third-order valence-electron chi connectivity index (χ3n) is 11.9. The minimum atomic E-state index is -0.804. The van der Waals surface area contributed by atoms with Crippen molar-refractivity contribution in [1.29, 1.82) is 0 Å². The van der Waals surface area contributed by atoms with E-state index in [4.69, 9.17) is 14.2 Å². The molecule has 0 spiro atoms. The van der Waals surface area contributed by atoms with Crippen LogP contribution in [0.5, 0.6) is 0 Å². The van der Waals surface area contributed by atoms with E-state index in [9.17, 15) is 14.4 Å². The molecular weight excluding hydrogens is 829 g/mol. The van der Waals surface area contributed by atoms with Crippen LogP contribution in [0.25, 0.3) is 0 Å². The first-order valence-electron chi connectivity index (χ1n) is 28.1. The Labute approximate surface area is 414 Å². The molecule has 0 bridgehead atoms. The van der Waals surface area contributed by atoms with Crippen molar-refractivity contribution < 1.29 is 28.6 Å². The normalized spacial score (nSPS) is 12.7. The Morgan fingerprint density at radius 2 is 0.582 bits per heavy atom. The molecule has 0 aromatic rings. The first kappa shape index (κ1) is 63.6. The molecule has 0 saturated heterocycles. The van der Waals surface area contributed by atoms with Gasteiger partial charge >= 0.3 is 17.9 Å². The summed E-state index contributed by atoms with van der Waals surface area (Å²) in [5.41, 5.74) is 0. The molecule has 0 aliphatic carbocycles. The highest BCUT2D eigenvalue weighted by Crippen LogP contribution is 2.16. The van der Waals surface area contributed by atoms with E-state index in [1.807, 2.05) is 0 Å². The second-order valence-corrected chi connectivity index (χ2v) is 18.4. The Bertz CT molecular complexity index is 1300. The lowest BCUT2D eigenvalue weighted by Crippen LogP contribution is -2.30. The van der Waals surface area contributed by atoms with Gasteiger partial charge in [-0.15, -0.1) is 0 Å². The van der Waals surface area contributed by atoms with Gasteiger partial charge < -0.3 is 14.2 Å². The third-order valence-corrected chi connectivity index (χ3v) is 11.9. The molecule has 0 amide bonds. The van der Waals surface area contributed by atoms with Crippen LogP contribution in [-0.4, -0.2) is 37.2 Å². The molecule has 6 nitrogen and oxygen atoms in total. The molecule has 0 radical (unpaired) electrons. The summed E-state index contributed by atoms with van der Waals surface area (Å²) in [5, 5.41) is 0. The van der Waals surface area contributed by atoms with Crippen LogP contribution >= 0.6 is 0 Å². The smallest absolute Gasteiger partial charge is 0.306 e. The summed E-state index contributed by atoms with van der Waals surface area (Å²) in [6, 6.07) is 0. The number of carbonyl (C=O) groups is 3. The van der Waals surface area contributed by atoms with Crippen LogP contribution in [0.1, 0.15) is 265 Å². The van der Waals surface area contributed by atoms with Gasteiger partial charge in [-0.05, 0) is 89.9 Å². The minimum Gasteiger partial charge on any atom is -0.462 e. The summed E-state index contributed by atoms with van der Waals surface area (Å²) in [7, 11) is 0. The molecule has 0 aromatic heterocycles. The molecule has 6 heteroatoms. The van der Waals surface area contributed by atoms with Crippen molar-refractivity contribution in [2.24, 2.45) is 0 Å². The second kappa shape index (κ2) is 55.2. The number of rotatable bonds is 50. The van der Waals surface area contributed by atoms with Gasteiger partial charge in [-0.1, -0.05) is 241 Å². The minimum absolute atomic E-state index is 0.0973. The van der Waals surface area contributed by atoms with Crippen LogP contribution in [0.2, 0.25) is 0 Å². The Kier molecular flexibility index (Phi) is 52.4. The maximum absolute atomic E-state index is 12.8. The molecule has 1 unspecified atom stereocenters.